The van der Waals surface area contributed by atoms with E-state index >= 15 is 0 Å². The molecule has 7 heteroatoms. The zero-order chi connectivity index (χ0) is 16.2. The van der Waals surface area contributed by atoms with E-state index in [0.717, 1.165) is 55.6 Å². The number of halogens is 2. The number of hydrogen-bond donors (Lipinski definition) is 1. The molecule has 1 aliphatic heterocycles. The van der Waals surface area contributed by atoms with Crippen LogP contribution in [-0.2, 0) is 16.6 Å². The molecule has 140 valence electrons. The predicted octanol–water partition coefficient (Wildman–Crippen LogP) is 3.67. The molecule has 0 aromatic carbocycles. The molecule has 0 spiro atoms. The van der Waals surface area contributed by atoms with Gasteiger partial charge in [0, 0.05) is 23.9 Å². The summed E-state index contributed by atoms with van der Waals surface area (Å²) >= 11 is 1.66. The lowest BCUT2D eigenvalue weighted by molar-refractivity contribution is -0.131. The van der Waals surface area contributed by atoms with Crippen molar-refractivity contribution >= 4 is 42.1 Å². The molecule has 1 aromatic rings. The van der Waals surface area contributed by atoms with Crippen molar-refractivity contribution in [2.24, 2.45) is 5.92 Å². The first kappa shape index (κ1) is 23.6. The third-order valence-corrected chi connectivity index (χ3v) is 5.49. The third-order valence-electron chi connectivity index (χ3n) is 4.18. The first-order valence-corrected chi connectivity index (χ1v) is 9.21. The van der Waals surface area contributed by atoms with Crippen molar-refractivity contribution in [1.29, 1.82) is 0 Å². The first-order chi connectivity index (χ1) is 10.4. The summed E-state index contributed by atoms with van der Waals surface area (Å²) in [5.41, 5.74) is 0.992. The van der Waals surface area contributed by atoms with E-state index in [9.17, 15) is 4.79 Å². The Bertz CT molecular complexity index is 494. The Morgan fingerprint density at radius 3 is 2.46 bits per heavy atom. The molecule has 1 aromatic heterocycles. The van der Waals surface area contributed by atoms with E-state index in [1.54, 1.807) is 11.3 Å². The number of nitrogens with one attached hydrogen (secondary N) is 1. The fourth-order valence-corrected chi connectivity index (χ4v) is 3.64. The maximum Gasteiger partial charge on any atom is 0.228 e. The number of piperidine rings is 1. The molecule has 4 nitrogen and oxygen atoms in total. The summed E-state index contributed by atoms with van der Waals surface area (Å²) in [5.74, 6) is 0.948. The van der Waals surface area contributed by atoms with E-state index in [1.807, 2.05) is 10.3 Å². The summed E-state index contributed by atoms with van der Waals surface area (Å²) in [6.07, 6.45) is 2.68. The second kappa shape index (κ2) is 10.6. The van der Waals surface area contributed by atoms with Gasteiger partial charge >= 0.3 is 0 Å². The molecule has 0 unspecified atom stereocenters. The van der Waals surface area contributed by atoms with Gasteiger partial charge in [0.25, 0.3) is 0 Å². The fourth-order valence-electron chi connectivity index (χ4n) is 2.73. The molecule has 2 heterocycles. The second-order valence-electron chi connectivity index (χ2n) is 7.20. The van der Waals surface area contributed by atoms with Crippen molar-refractivity contribution in [3.63, 3.8) is 0 Å². The molecule has 2 rings (SSSR count). The molecule has 0 atom stereocenters. The summed E-state index contributed by atoms with van der Waals surface area (Å²) in [6, 6.07) is 0. The zero-order valence-electron chi connectivity index (χ0n) is 15.1. The zero-order valence-corrected chi connectivity index (χ0v) is 17.6. The standard InChI is InChI=1S/C17H29N3OS.2ClH/c1-5-18-11-13-6-8-20(9-7-13)15(21)10-14-12-22-16(19-14)17(2,3)4;;/h12-13,18H,5-11H2,1-4H3;2*1H. The predicted molar refractivity (Wildman–Crippen MR) is 107 cm³/mol. The van der Waals surface area contributed by atoms with Crippen LogP contribution in [0.3, 0.4) is 0 Å². The summed E-state index contributed by atoms with van der Waals surface area (Å²) in [6.45, 7) is 12.5. The van der Waals surface area contributed by atoms with Crippen LogP contribution in [0.4, 0.5) is 0 Å². The molecular formula is C17H31Cl2N3OS. The number of thiazole rings is 1. The Morgan fingerprint density at radius 2 is 1.96 bits per heavy atom. The van der Waals surface area contributed by atoms with Gasteiger partial charge in [0.15, 0.2) is 0 Å². The Labute approximate surface area is 162 Å². The van der Waals surface area contributed by atoms with Crippen LogP contribution in [-0.4, -0.2) is 42.0 Å². The normalized spacial score (nSPS) is 15.6. The van der Waals surface area contributed by atoms with Crippen molar-refractivity contribution < 1.29 is 4.79 Å². The number of likely N-dealkylation sites (tertiary alicyclic amines) is 1. The Hall–Kier alpha value is -0.360. The van der Waals surface area contributed by atoms with Gasteiger partial charge in [-0.3, -0.25) is 4.79 Å². The molecule has 24 heavy (non-hydrogen) atoms. The van der Waals surface area contributed by atoms with E-state index in [-0.39, 0.29) is 36.1 Å². The molecule has 1 aliphatic rings. The van der Waals surface area contributed by atoms with Crippen molar-refractivity contribution in [2.75, 3.05) is 26.2 Å². The quantitative estimate of drug-likeness (QED) is 0.826. The SMILES string of the molecule is CCNCC1CCN(C(=O)Cc2csc(C(C)(C)C)n2)CC1.Cl.Cl. The summed E-state index contributed by atoms with van der Waals surface area (Å²) < 4.78 is 0. The van der Waals surface area contributed by atoms with Gasteiger partial charge in [0.05, 0.1) is 17.1 Å². The molecule has 0 bridgehead atoms. The minimum atomic E-state index is 0. The lowest BCUT2D eigenvalue weighted by Gasteiger charge is -2.32. The van der Waals surface area contributed by atoms with E-state index in [2.05, 4.69) is 38.0 Å². The second-order valence-corrected chi connectivity index (χ2v) is 8.06. The van der Waals surface area contributed by atoms with Crippen molar-refractivity contribution in [3.05, 3.63) is 16.1 Å². The van der Waals surface area contributed by atoms with Gasteiger partial charge in [-0.2, -0.15) is 0 Å². The van der Waals surface area contributed by atoms with E-state index in [1.165, 1.54) is 0 Å². The molecule has 0 radical (unpaired) electrons. The Kier molecular flexibility index (Phi) is 10.4. The van der Waals surface area contributed by atoms with Crippen LogP contribution in [0.1, 0.15) is 51.2 Å². The van der Waals surface area contributed by atoms with E-state index in [4.69, 9.17) is 0 Å². The smallest absolute Gasteiger partial charge is 0.228 e. The topological polar surface area (TPSA) is 45.2 Å². The van der Waals surface area contributed by atoms with Crippen molar-refractivity contribution in [2.45, 2.75) is 52.4 Å². The lowest BCUT2D eigenvalue weighted by Crippen LogP contribution is -2.41. The third kappa shape index (κ3) is 6.87. The maximum absolute atomic E-state index is 12.4. The first-order valence-electron chi connectivity index (χ1n) is 8.33. The highest BCUT2D eigenvalue weighted by Crippen LogP contribution is 2.26. The molecule has 0 aliphatic carbocycles. The highest BCUT2D eigenvalue weighted by atomic mass is 35.5. The van der Waals surface area contributed by atoms with E-state index in [0.29, 0.717) is 6.42 Å². The van der Waals surface area contributed by atoms with Crippen LogP contribution in [0, 0.1) is 5.92 Å². The Balaban J connectivity index is 0.00000264. The number of amides is 1. The van der Waals surface area contributed by atoms with Crippen LogP contribution >= 0.6 is 36.2 Å². The number of nitrogens with zero attached hydrogens (tertiary/aromatic N) is 2. The summed E-state index contributed by atoms with van der Waals surface area (Å²) in [7, 11) is 0. The monoisotopic (exact) mass is 395 g/mol. The van der Waals surface area contributed by atoms with Gasteiger partial charge in [-0.15, -0.1) is 36.2 Å². The summed E-state index contributed by atoms with van der Waals surface area (Å²) in [5, 5.41) is 6.56. The number of aromatic nitrogens is 1. The van der Waals surface area contributed by atoms with Gasteiger partial charge in [0.1, 0.15) is 0 Å². The van der Waals surface area contributed by atoms with E-state index < -0.39 is 0 Å². The fraction of sp³-hybridized carbons (Fsp3) is 0.765. The number of hydrogen-bond acceptors (Lipinski definition) is 4. The molecule has 1 fully saturated rings. The largest absolute Gasteiger partial charge is 0.342 e. The molecule has 1 saturated heterocycles. The lowest BCUT2D eigenvalue weighted by atomic mass is 9.96. The minimum Gasteiger partial charge on any atom is -0.342 e. The number of carbonyl (C=O) groups excluding carboxylic acids is 1. The van der Waals surface area contributed by atoms with Gasteiger partial charge in [-0.25, -0.2) is 4.98 Å². The van der Waals surface area contributed by atoms with Crippen molar-refractivity contribution in [3.8, 4) is 0 Å². The highest BCUT2D eigenvalue weighted by molar-refractivity contribution is 7.09. The van der Waals surface area contributed by atoms with Crippen LogP contribution in [0.25, 0.3) is 0 Å². The van der Waals surface area contributed by atoms with Crippen LogP contribution < -0.4 is 5.32 Å². The number of rotatable bonds is 5. The molecule has 0 saturated carbocycles. The maximum atomic E-state index is 12.4. The van der Waals surface area contributed by atoms with Crippen LogP contribution in [0.15, 0.2) is 5.38 Å². The van der Waals surface area contributed by atoms with Crippen molar-refractivity contribution in [1.82, 2.24) is 15.2 Å². The van der Waals surface area contributed by atoms with Gasteiger partial charge in [-0.05, 0) is 31.8 Å². The number of carbonyl (C=O) groups is 1. The van der Waals surface area contributed by atoms with Gasteiger partial charge in [-0.1, -0.05) is 27.7 Å². The van der Waals surface area contributed by atoms with Crippen LogP contribution in [0.5, 0.6) is 0 Å². The Morgan fingerprint density at radius 1 is 1.33 bits per heavy atom. The van der Waals surface area contributed by atoms with Gasteiger partial charge in [0.2, 0.25) is 5.91 Å². The van der Waals surface area contributed by atoms with Crippen LogP contribution in [0.2, 0.25) is 0 Å². The van der Waals surface area contributed by atoms with Gasteiger partial charge < -0.3 is 10.2 Å². The molecule has 1 amide bonds. The average Bonchev–Trinajstić information content (AvgIpc) is 2.94. The molecule has 1 N–H and O–H groups in total. The summed E-state index contributed by atoms with van der Waals surface area (Å²) in [4.78, 5) is 19.1. The minimum absolute atomic E-state index is 0. The molecular weight excluding hydrogens is 365 g/mol. The highest BCUT2D eigenvalue weighted by Gasteiger charge is 2.24. The average molecular weight is 396 g/mol.